The minimum atomic E-state index is -1.69. The van der Waals surface area contributed by atoms with Crippen LogP contribution in [0.1, 0.15) is 29.8 Å². The fraction of sp³-hybridized carbons (Fsp3) is 0.323. The van der Waals surface area contributed by atoms with E-state index in [9.17, 15) is 24.9 Å². The molecule has 1 aliphatic rings. The Morgan fingerprint density at radius 2 is 1.93 bits per heavy atom. The highest BCUT2D eigenvalue weighted by molar-refractivity contribution is 6.07. The van der Waals surface area contributed by atoms with Crippen molar-refractivity contribution in [3.63, 3.8) is 0 Å². The number of fused-ring (bicyclic) bond motifs is 1. The molecule has 13 nitrogen and oxygen atoms in total. The Morgan fingerprint density at radius 3 is 2.61 bits per heavy atom. The van der Waals surface area contributed by atoms with Gasteiger partial charge < -0.3 is 44.0 Å². The molecule has 2 aromatic heterocycles. The first-order chi connectivity index (χ1) is 20.9. The number of amides is 1. The van der Waals surface area contributed by atoms with Gasteiger partial charge in [0.2, 0.25) is 12.7 Å². The van der Waals surface area contributed by atoms with Crippen molar-refractivity contribution in [1.29, 1.82) is 0 Å². The molecule has 0 saturated carbocycles. The zero-order valence-corrected chi connectivity index (χ0v) is 24.4. The van der Waals surface area contributed by atoms with Crippen LogP contribution in [0.3, 0.4) is 0 Å². The highest BCUT2D eigenvalue weighted by Gasteiger charge is 2.52. The summed E-state index contributed by atoms with van der Waals surface area (Å²) < 4.78 is 28.2. The number of nitrogens with two attached hydrogens (primary N) is 1. The Balaban J connectivity index is 1.42. The smallest absolute Gasteiger partial charge is 0.364 e. The molecule has 1 fully saturated rings. The summed E-state index contributed by atoms with van der Waals surface area (Å²) in [6, 6.07) is 15.0. The third-order valence-electron chi connectivity index (χ3n) is 7.38. The van der Waals surface area contributed by atoms with Crippen molar-refractivity contribution in [2.24, 2.45) is 5.73 Å². The second-order valence-electron chi connectivity index (χ2n) is 10.8. The maximum atomic E-state index is 13.1. The van der Waals surface area contributed by atoms with Crippen LogP contribution in [0, 0.1) is 6.92 Å². The lowest BCUT2D eigenvalue weighted by atomic mass is 9.89. The quantitative estimate of drug-likeness (QED) is 0.145. The predicted molar refractivity (Wildman–Crippen MR) is 158 cm³/mol. The number of hydrogen-bond donors (Lipinski definition) is 5. The van der Waals surface area contributed by atoms with Crippen molar-refractivity contribution in [3.8, 4) is 22.8 Å². The maximum absolute atomic E-state index is 13.1. The van der Waals surface area contributed by atoms with Gasteiger partial charge in [0.25, 0.3) is 5.91 Å². The number of anilines is 1. The molecule has 1 unspecified atom stereocenters. The fourth-order valence-corrected chi connectivity index (χ4v) is 5.26. The molecule has 1 aliphatic heterocycles. The summed E-state index contributed by atoms with van der Waals surface area (Å²) in [5.74, 6) is -0.976. The van der Waals surface area contributed by atoms with E-state index in [1.54, 1.807) is 63.4 Å². The number of aromatic nitrogens is 1. The predicted octanol–water partition coefficient (Wildman–Crippen LogP) is 2.63. The van der Waals surface area contributed by atoms with Gasteiger partial charge in [-0.05, 0) is 57.2 Å². The monoisotopic (exact) mass is 607 g/mol. The number of hydrogen-bond acceptors (Lipinski definition) is 12. The molecular weight excluding hydrogens is 574 g/mol. The third-order valence-corrected chi connectivity index (χ3v) is 7.38. The van der Waals surface area contributed by atoms with Crippen LogP contribution in [-0.4, -0.2) is 69.9 Å². The summed E-state index contributed by atoms with van der Waals surface area (Å²) >= 11 is 0. The molecule has 13 heteroatoms. The lowest BCUT2D eigenvalue weighted by Crippen LogP contribution is -2.65. The zero-order chi connectivity index (χ0) is 31.8. The first-order valence-corrected chi connectivity index (χ1v) is 13.7. The van der Waals surface area contributed by atoms with Crippen molar-refractivity contribution in [1.82, 2.24) is 4.98 Å². The molecule has 3 heterocycles. The Bertz CT molecular complexity index is 1720. The normalized spacial score (nSPS) is 22.0. The number of carbonyl (C=O) groups is 1. The zero-order valence-electron chi connectivity index (χ0n) is 24.4. The average Bonchev–Trinajstić information content (AvgIpc) is 2.99. The van der Waals surface area contributed by atoms with Crippen LogP contribution >= 0.6 is 0 Å². The minimum Gasteiger partial charge on any atom is -0.505 e. The molecule has 2 aromatic carbocycles. The van der Waals surface area contributed by atoms with Gasteiger partial charge in [-0.3, -0.25) is 15.5 Å². The van der Waals surface area contributed by atoms with E-state index in [-0.39, 0.29) is 22.3 Å². The van der Waals surface area contributed by atoms with Crippen LogP contribution < -0.4 is 21.4 Å². The van der Waals surface area contributed by atoms with E-state index >= 15 is 0 Å². The standard InChI is InChI=1S/C31H33N3O10/c1-15-20(41-29-23(36)25(43-30(32)39)26(40-4)31(2,3)44-29)12-11-18-22(35)21(28(38)42-24(15)18)34-27(37)17-9-7-8-16(14-17)19-10-5-6-13-33-19/h5-14,23,25-26,29-30,35-36,39H,32H2,1-4H3,(H,34,37)/t23-,25+,26-,29-,30?/m1/s1. The second-order valence-corrected chi connectivity index (χ2v) is 10.8. The molecule has 0 radical (unpaired) electrons. The average molecular weight is 608 g/mol. The summed E-state index contributed by atoms with van der Waals surface area (Å²) in [4.78, 5) is 30.4. The summed E-state index contributed by atoms with van der Waals surface area (Å²) in [6.07, 6.45) is -4.74. The van der Waals surface area contributed by atoms with Gasteiger partial charge in [0.1, 0.15) is 29.6 Å². The lowest BCUT2D eigenvalue weighted by Gasteiger charge is -2.48. The molecule has 0 aliphatic carbocycles. The van der Waals surface area contributed by atoms with E-state index in [4.69, 9.17) is 29.1 Å². The van der Waals surface area contributed by atoms with Gasteiger partial charge in [-0.1, -0.05) is 18.2 Å². The van der Waals surface area contributed by atoms with Crippen molar-refractivity contribution in [3.05, 3.63) is 82.3 Å². The lowest BCUT2D eigenvalue weighted by molar-refractivity contribution is -0.329. The van der Waals surface area contributed by atoms with Crippen LogP contribution in [0.5, 0.6) is 11.5 Å². The summed E-state index contributed by atoms with van der Waals surface area (Å²) in [5, 5.41) is 34.2. The first-order valence-electron chi connectivity index (χ1n) is 13.7. The number of pyridine rings is 1. The molecule has 5 atom stereocenters. The van der Waals surface area contributed by atoms with Gasteiger partial charge in [-0.15, -0.1) is 0 Å². The Morgan fingerprint density at radius 1 is 1.16 bits per heavy atom. The van der Waals surface area contributed by atoms with Crippen LogP contribution in [-0.2, 0) is 14.2 Å². The number of carbonyl (C=O) groups excluding carboxylic acids is 1. The van der Waals surface area contributed by atoms with Crippen LogP contribution in [0.2, 0.25) is 0 Å². The van der Waals surface area contributed by atoms with Crippen molar-refractivity contribution < 1.29 is 43.5 Å². The number of rotatable bonds is 8. The molecule has 4 aromatic rings. The van der Waals surface area contributed by atoms with Gasteiger partial charge in [-0.25, -0.2) is 4.79 Å². The van der Waals surface area contributed by atoms with Crippen LogP contribution in [0.15, 0.2) is 70.0 Å². The van der Waals surface area contributed by atoms with E-state index in [1.165, 1.54) is 19.2 Å². The topological polar surface area (TPSA) is 196 Å². The Labute approximate surface area is 251 Å². The van der Waals surface area contributed by atoms with Crippen molar-refractivity contribution >= 4 is 22.6 Å². The van der Waals surface area contributed by atoms with Crippen molar-refractivity contribution in [2.45, 2.75) is 57.4 Å². The molecule has 232 valence electrons. The number of nitrogens with zero attached hydrogens (tertiary/aromatic N) is 1. The third kappa shape index (κ3) is 6.01. The van der Waals surface area contributed by atoms with Gasteiger partial charge in [-0.2, -0.15) is 0 Å². The second kappa shape index (κ2) is 12.3. The van der Waals surface area contributed by atoms with Crippen LogP contribution in [0.25, 0.3) is 22.2 Å². The van der Waals surface area contributed by atoms with E-state index in [0.717, 1.165) is 0 Å². The molecule has 44 heavy (non-hydrogen) atoms. The minimum absolute atomic E-state index is 0.00958. The number of benzene rings is 2. The number of methoxy groups -OCH3 is 1. The number of nitrogens with one attached hydrogen (secondary N) is 1. The van der Waals surface area contributed by atoms with Crippen LogP contribution in [0.4, 0.5) is 5.69 Å². The van der Waals surface area contributed by atoms with E-state index in [0.29, 0.717) is 16.8 Å². The molecule has 1 saturated heterocycles. The molecular formula is C31H33N3O10. The van der Waals surface area contributed by atoms with Crippen molar-refractivity contribution in [2.75, 3.05) is 12.4 Å². The largest absolute Gasteiger partial charge is 0.505 e. The summed E-state index contributed by atoms with van der Waals surface area (Å²) in [5.41, 5.74) is 4.82. The first kappa shape index (κ1) is 31.1. The molecule has 0 spiro atoms. The van der Waals surface area contributed by atoms with E-state index < -0.39 is 59.6 Å². The summed E-state index contributed by atoms with van der Waals surface area (Å²) in [6.45, 7) is 4.96. The fourth-order valence-electron chi connectivity index (χ4n) is 5.26. The Kier molecular flexibility index (Phi) is 8.70. The molecule has 6 N–H and O–H groups in total. The van der Waals surface area contributed by atoms with E-state index in [1.807, 2.05) is 6.07 Å². The Hall–Kier alpha value is -4.37. The highest BCUT2D eigenvalue weighted by Crippen LogP contribution is 2.38. The number of aliphatic hydroxyl groups is 2. The van der Waals surface area contributed by atoms with E-state index in [2.05, 4.69) is 10.3 Å². The SMILES string of the molecule is CO[C@@H]1[C@@H](OC(N)O)[C@@H](O)[C@H](Oc2ccc3c(O)c(NC(=O)c4cccc(-c5ccccn5)c4)c(=O)oc3c2C)OC1(C)C. The van der Waals surface area contributed by atoms with Gasteiger partial charge in [0.15, 0.2) is 11.4 Å². The summed E-state index contributed by atoms with van der Waals surface area (Å²) in [7, 11) is 1.40. The van der Waals surface area contributed by atoms with Gasteiger partial charge >= 0.3 is 5.63 Å². The maximum Gasteiger partial charge on any atom is 0.364 e. The van der Waals surface area contributed by atoms with Gasteiger partial charge in [0, 0.05) is 30.0 Å². The molecule has 5 rings (SSSR count). The van der Waals surface area contributed by atoms with Gasteiger partial charge in [0.05, 0.1) is 16.7 Å². The number of aryl methyl sites for hydroxylation is 1. The molecule has 1 amide bonds. The number of aliphatic hydroxyl groups excluding tert-OH is 2. The highest BCUT2D eigenvalue weighted by atomic mass is 16.7. The number of aromatic hydroxyl groups is 1. The molecule has 0 bridgehead atoms. The number of ether oxygens (including phenoxy) is 4.